The van der Waals surface area contributed by atoms with Gasteiger partial charge in [0.05, 0.1) is 5.60 Å². The van der Waals surface area contributed by atoms with E-state index in [1.54, 1.807) is 0 Å². The highest BCUT2D eigenvalue weighted by Gasteiger charge is 2.41. The monoisotopic (exact) mass is 377 g/mol. The van der Waals surface area contributed by atoms with E-state index in [2.05, 4.69) is 35.2 Å². The maximum Gasteiger partial charge on any atom is 0.0920 e. The molecule has 25 heavy (non-hydrogen) atoms. The number of likely N-dealkylation sites (tertiary alicyclic amines) is 1. The molecule has 2 aliphatic rings. The molecular formula is C21H25Cl2NO. The van der Waals surface area contributed by atoms with Crippen molar-refractivity contribution in [2.45, 2.75) is 30.8 Å². The second-order valence-electron chi connectivity index (χ2n) is 7.35. The maximum absolute atomic E-state index is 11.0. The minimum Gasteiger partial charge on any atom is -0.385 e. The molecule has 1 saturated carbocycles. The zero-order valence-electron chi connectivity index (χ0n) is 14.3. The molecule has 1 aliphatic carbocycles. The van der Waals surface area contributed by atoms with E-state index in [-0.39, 0.29) is 12.4 Å². The van der Waals surface area contributed by atoms with Crippen LogP contribution in [0.5, 0.6) is 0 Å². The second-order valence-corrected chi connectivity index (χ2v) is 7.79. The molecule has 0 radical (unpaired) electrons. The number of halogens is 2. The maximum atomic E-state index is 11.0. The highest BCUT2D eigenvalue weighted by molar-refractivity contribution is 6.30. The van der Waals surface area contributed by atoms with Gasteiger partial charge in [0, 0.05) is 24.7 Å². The summed E-state index contributed by atoms with van der Waals surface area (Å²) in [6.07, 6.45) is 2.91. The van der Waals surface area contributed by atoms with Gasteiger partial charge in [0.15, 0.2) is 0 Å². The summed E-state index contributed by atoms with van der Waals surface area (Å²) in [4.78, 5) is 2.53. The Hall–Kier alpha value is -1.06. The first kappa shape index (κ1) is 18.7. The van der Waals surface area contributed by atoms with Crippen molar-refractivity contribution in [1.82, 2.24) is 4.90 Å². The first-order valence-corrected chi connectivity index (χ1v) is 9.28. The van der Waals surface area contributed by atoms with Crippen molar-refractivity contribution >= 4 is 24.0 Å². The van der Waals surface area contributed by atoms with E-state index in [0.717, 1.165) is 54.9 Å². The van der Waals surface area contributed by atoms with Crippen LogP contribution in [0.1, 0.15) is 36.3 Å². The van der Waals surface area contributed by atoms with Gasteiger partial charge in [-0.3, -0.25) is 0 Å². The third-order valence-electron chi connectivity index (χ3n) is 5.71. The summed E-state index contributed by atoms with van der Waals surface area (Å²) in [5.74, 6) is 1.53. The SMILES string of the molecule is Cl.OC1(c2ccc(Cl)cc2)CCN(CC2CC2c2ccccc2)CC1. The number of rotatable bonds is 4. The molecule has 2 unspecified atom stereocenters. The van der Waals surface area contributed by atoms with E-state index in [1.807, 2.05) is 24.3 Å². The van der Waals surface area contributed by atoms with E-state index in [9.17, 15) is 5.11 Å². The largest absolute Gasteiger partial charge is 0.385 e. The lowest BCUT2D eigenvalue weighted by atomic mass is 9.84. The molecule has 2 nitrogen and oxygen atoms in total. The summed E-state index contributed by atoms with van der Waals surface area (Å²) in [6, 6.07) is 18.5. The molecule has 1 aliphatic heterocycles. The molecule has 2 aromatic rings. The van der Waals surface area contributed by atoms with Crippen LogP contribution in [-0.2, 0) is 5.60 Å². The fourth-order valence-corrected chi connectivity index (χ4v) is 4.17. The van der Waals surface area contributed by atoms with Gasteiger partial charge in [-0.1, -0.05) is 54.1 Å². The van der Waals surface area contributed by atoms with Crippen LogP contribution < -0.4 is 0 Å². The van der Waals surface area contributed by atoms with Crippen molar-refractivity contribution in [3.05, 3.63) is 70.7 Å². The van der Waals surface area contributed by atoms with E-state index >= 15 is 0 Å². The van der Waals surface area contributed by atoms with Gasteiger partial charge < -0.3 is 10.0 Å². The van der Waals surface area contributed by atoms with Gasteiger partial charge in [-0.25, -0.2) is 0 Å². The molecule has 0 spiro atoms. The zero-order chi connectivity index (χ0) is 16.6. The van der Waals surface area contributed by atoms with Crippen molar-refractivity contribution in [1.29, 1.82) is 0 Å². The van der Waals surface area contributed by atoms with E-state index in [4.69, 9.17) is 11.6 Å². The predicted octanol–water partition coefficient (Wildman–Crippen LogP) is 4.85. The predicted molar refractivity (Wildman–Crippen MR) is 106 cm³/mol. The van der Waals surface area contributed by atoms with Gasteiger partial charge in [0.1, 0.15) is 0 Å². The third kappa shape index (κ3) is 4.20. The molecule has 2 fully saturated rings. The molecule has 134 valence electrons. The molecule has 0 bridgehead atoms. The smallest absolute Gasteiger partial charge is 0.0920 e. The number of hydrogen-bond acceptors (Lipinski definition) is 2. The fraction of sp³-hybridized carbons (Fsp3) is 0.429. The highest BCUT2D eigenvalue weighted by Crippen LogP contribution is 2.48. The Morgan fingerprint density at radius 3 is 2.28 bits per heavy atom. The fourth-order valence-electron chi connectivity index (χ4n) is 4.04. The third-order valence-corrected chi connectivity index (χ3v) is 5.96. The first-order valence-electron chi connectivity index (χ1n) is 8.90. The van der Waals surface area contributed by atoms with Crippen LogP contribution >= 0.6 is 24.0 Å². The minimum absolute atomic E-state index is 0. The summed E-state index contributed by atoms with van der Waals surface area (Å²) in [6.45, 7) is 3.10. The van der Waals surface area contributed by atoms with Crippen molar-refractivity contribution in [3.8, 4) is 0 Å². The number of hydrogen-bond donors (Lipinski definition) is 1. The molecule has 1 N–H and O–H groups in total. The van der Waals surface area contributed by atoms with Crippen LogP contribution in [0.4, 0.5) is 0 Å². The molecule has 1 saturated heterocycles. The quantitative estimate of drug-likeness (QED) is 0.822. The summed E-state index contributed by atoms with van der Waals surface area (Å²) in [5, 5.41) is 11.7. The topological polar surface area (TPSA) is 23.5 Å². The Morgan fingerprint density at radius 1 is 1.00 bits per heavy atom. The minimum atomic E-state index is -0.691. The van der Waals surface area contributed by atoms with E-state index in [0.29, 0.717) is 0 Å². The van der Waals surface area contributed by atoms with Crippen LogP contribution in [0, 0.1) is 5.92 Å². The summed E-state index contributed by atoms with van der Waals surface area (Å²) < 4.78 is 0. The molecule has 1 heterocycles. The summed E-state index contributed by atoms with van der Waals surface area (Å²) in [5.41, 5.74) is 1.79. The van der Waals surface area contributed by atoms with Crippen molar-refractivity contribution < 1.29 is 5.11 Å². The van der Waals surface area contributed by atoms with Gasteiger partial charge in [0.2, 0.25) is 0 Å². The van der Waals surface area contributed by atoms with Gasteiger partial charge in [-0.15, -0.1) is 12.4 Å². The van der Waals surface area contributed by atoms with Gasteiger partial charge in [0.25, 0.3) is 0 Å². The Labute approximate surface area is 161 Å². The number of piperidine rings is 1. The summed E-state index contributed by atoms with van der Waals surface area (Å²) in [7, 11) is 0. The van der Waals surface area contributed by atoms with Crippen LogP contribution in [0.2, 0.25) is 5.02 Å². The number of benzene rings is 2. The lowest BCUT2D eigenvalue weighted by molar-refractivity contribution is -0.0268. The van der Waals surface area contributed by atoms with Crippen molar-refractivity contribution in [3.63, 3.8) is 0 Å². The van der Waals surface area contributed by atoms with E-state index < -0.39 is 5.60 Å². The summed E-state index contributed by atoms with van der Waals surface area (Å²) >= 11 is 5.96. The van der Waals surface area contributed by atoms with Crippen LogP contribution in [-0.4, -0.2) is 29.6 Å². The molecule has 4 rings (SSSR count). The van der Waals surface area contributed by atoms with Gasteiger partial charge in [-0.2, -0.15) is 0 Å². The Balaban J connectivity index is 0.00000182. The second kappa shape index (κ2) is 7.67. The Bertz CT molecular complexity index is 681. The lowest BCUT2D eigenvalue weighted by Crippen LogP contribution is -2.43. The normalized spacial score (nSPS) is 25.2. The molecular weight excluding hydrogens is 353 g/mol. The molecule has 2 aromatic carbocycles. The first-order chi connectivity index (χ1) is 11.6. The van der Waals surface area contributed by atoms with Crippen molar-refractivity contribution in [2.24, 2.45) is 5.92 Å². The molecule has 2 atom stereocenters. The standard InChI is InChI=1S/C21H24ClNO.ClH/c22-19-8-6-18(7-9-19)21(24)10-12-23(13-11-21)15-17-14-20(17)16-4-2-1-3-5-16;/h1-9,17,20,24H,10-15H2;1H. The van der Waals surface area contributed by atoms with Crippen molar-refractivity contribution in [2.75, 3.05) is 19.6 Å². The number of aliphatic hydroxyl groups is 1. The zero-order valence-corrected chi connectivity index (χ0v) is 15.8. The Kier molecular flexibility index (Phi) is 5.75. The highest BCUT2D eigenvalue weighted by atomic mass is 35.5. The van der Waals surface area contributed by atoms with Gasteiger partial charge >= 0.3 is 0 Å². The van der Waals surface area contributed by atoms with Gasteiger partial charge in [-0.05, 0) is 54.4 Å². The van der Waals surface area contributed by atoms with E-state index in [1.165, 1.54) is 12.0 Å². The number of nitrogens with zero attached hydrogens (tertiary/aromatic N) is 1. The lowest BCUT2D eigenvalue weighted by Gasteiger charge is -2.38. The average Bonchev–Trinajstić information content (AvgIpc) is 3.38. The van der Waals surface area contributed by atoms with Crippen LogP contribution in [0.3, 0.4) is 0 Å². The molecule has 4 heteroatoms. The average molecular weight is 378 g/mol. The molecule has 0 aromatic heterocycles. The molecule has 0 amide bonds. The van der Waals surface area contributed by atoms with Crippen LogP contribution in [0.15, 0.2) is 54.6 Å². The van der Waals surface area contributed by atoms with Crippen LogP contribution in [0.25, 0.3) is 0 Å². The Morgan fingerprint density at radius 2 is 1.64 bits per heavy atom.